The van der Waals surface area contributed by atoms with Crippen LogP contribution < -0.4 is 10.1 Å². The van der Waals surface area contributed by atoms with Gasteiger partial charge in [-0.15, -0.1) is 0 Å². The number of halogens is 1. The van der Waals surface area contributed by atoms with Crippen LogP contribution in [-0.2, 0) is 6.54 Å². The predicted octanol–water partition coefficient (Wildman–Crippen LogP) is 3.35. The van der Waals surface area contributed by atoms with Gasteiger partial charge in [-0.05, 0) is 51.4 Å². The zero-order valence-corrected chi connectivity index (χ0v) is 20.3. The smallest absolute Gasteiger partial charge is 0.320 e. The average molecular weight is 475 g/mol. The molecule has 1 aromatic heterocycles. The number of fused-ring (bicyclic) bond motifs is 1. The number of hydrogen-bond acceptors (Lipinski definition) is 5. The van der Waals surface area contributed by atoms with Gasteiger partial charge in [0.05, 0.1) is 18.7 Å². The van der Waals surface area contributed by atoms with Gasteiger partial charge in [0.2, 0.25) is 0 Å². The molecule has 0 radical (unpaired) electrons. The highest BCUT2D eigenvalue weighted by atomic mass is 35.5. The Morgan fingerprint density at radius 2 is 2.15 bits per heavy atom. The molecule has 3 heterocycles. The monoisotopic (exact) mass is 474 g/mol. The van der Waals surface area contributed by atoms with Crippen LogP contribution in [0.2, 0.25) is 5.02 Å². The number of anilines is 1. The molecule has 2 fully saturated rings. The maximum Gasteiger partial charge on any atom is 0.320 e. The third-order valence-corrected chi connectivity index (χ3v) is 6.94. The van der Waals surface area contributed by atoms with Crippen LogP contribution in [0.15, 0.2) is 18.2 Å². The number of carbonyl (C=O) groups is 2. The van der Waals surface area contributed by atoms with Crippen molar-refractivity contribution < 1.29 is 14.3 Å². The molecule has 3 amide bonds. The van der Waals surface area contributed by atoms with Gasteiger partial charge in [-0.2, -0.15) is 5.10 Å². The Labute approximate surface area is 199 Å². The molecule has 178 valence electrons. The summed E-state index contributed by atoms with van der Waals surface area (Å²) in [7, 11) is 3.29. The summed E-state index contributed by atoms with van der Waals surface area (Å²) in [4.78, 5) is 32.3. The van der Waals surface area contributed by atoms with Gasteiger partial charge < -0.3 is 19.9 Å². The third kappa shape index (κ3) is 4.79. The number of ether oxygens (including phenoxy) is 1. The molecule has 10 heteroatoms. The molecule has 2 aliphatic heterocycles. The Morgan fingerprint density at radius 3 is 2.91 bits per heavy atom. The Balaban J connectivity index is 1.45. The minimum atomic E-state index is -0.335. The molecule has 33 heavy (non-hydrogen) atoms. The summed E-state index contributed by atoms with van der Waals surface area (Å²) in [6.07, 6.45) is 2.35. The molecule has 2 saturated heterocycles. The number of hydrogen-bond donors (Lipinski definition) is 2. The number of aromatic nitrogens is 2. The van der Waals surface area contributed by atoms with Crippen LogP contribution in [0.1, 0.15) is 41.4 Å². The predicted molar refractivity (Wildman–Crippen MR) is 127 cm³/mol. The molecule has 0 aliphatic carbocycles. The van der Waals surface area contributed by atoms with E-state index in [1.54, 1.807) is 30.1 Å². The quantitative estimate of drug-likeness (QED) is 0.693. The second-order valence-corrected chi connectivity index (χ2v) is 9.32. The van der Waals surface area contributed by atoms with E-state index in [1.165, 1.54) is 13.5 Å². The highest BCUT2D eigenvalue weighted by molar-refractivity contribution is 6.32. The fraction of sp³-hybridized carbons (Fsp3) is 0.522. The molecule has 2 atom stereocenters. The molecular weight excluding hydrogens is 444 g/mol. The van der Waals surface area contributed by atoms with Gasteiger partial charge in [-0.1, -0.05) is 11.6 Å². The Kier molecular flexibility index (Phi) is 6.81. The van der Waals surface area contributed by atoms with Crippen molar-refractivity contribution in [1.29, 1.82) is 0 Å². The Morgan fingerprint density at radius 1 is 1.36 bits per heavy atom. The van der Waals surface area contributed by atoms with E-state index in [9.17, 15) is 9.59 Å². The summed E-state index contributed by atoms with van der Waals surface area (Å²) in [5.41, 5.74) is 1.97. The van der Waals surface area contributed by atoms with E-state index < -0.39 is 0 Å². The second kappa shape index (κ2) is 9.61. The van der Waals surface area contributed by atoms with E-state index >= 15 is 0 Å². The molecule has 9 nitrogen and oxygen atoms in total. The summed E-state index contributed by atoms with van der Waals surface area (Å²) in [6.45, 7) is 7.12. The van der Waals surface area contributed by atoms with Crippen molar-refractivity contribution in [3.8, 4) is 5.75 Å². The van der Waals surface area contributed by atoms with E-state index in [1.807, 2.05) is 11.8 Å². The zero-order chi connectivity index (χ0) is 23.7. The third-order valence-electron chi connectivity index (χ3n) is 6.62. The van der Waals surface area contributed by atoms with Crippen molar-refractivity contribution in [3.05, 3.63) is 40.0 Å². The zero-order valence-electron chi connectivity index (χ0n) is 19.5. The highest BCUT2D eigenvalue weighted by Crippen LogP contribution is 2.27. The van der Waals surface area contributed by atoms with E-state index in [0.717, 1.165) is 37.3 Å². The summed E-state index contributed by atoms with van der Waals surface area (Å²) < 4.78 is 5.20. The number of benzene rings is 1. The normalized spacial score (nSPS) is 20.5. The first-order valence-corrected chi connectivity index (χ1v) is 11.6. The molecule has 0 unspecified atom stereocenters. The van der Waals surface area contributed by atoms with Crippen LogP contribution >= 0.6 is 11.6 Å². The van der Waals surface area contributed by atoms with Crippen LogP contribution in [0.3, 0.4) is 0 Å². The second-order valence-electron chi connectivity index (χ2n) is 8.91. The minimum absolute atomic E-state index is 0.00522. The standard InChI is InChI=1S/C23H31ClN6O3/c1-14-11-29-9-5-6-17(29)12-30(14)23(32)28(3)13-18-15(2)26-27-21(18)25-22(31)16-7-8-19(24)20(10-16)33-4/h7-8,10,14,17H,5-6,9,11-13H2,1-4H3,(H2,25,26,27,31)/t14-,17-/m0/s1. The maximum absolute atomic E-state index is 13.3. The number of rotatable bonds is 5. The van der Waals surface area contributed by atoms with Gasteiger partial charge in [-0.25, -0.2) is 4.79 Å². The number of methoxy groups -OCH3 is 1. The molecule has 0 saturated carbocycles. The summed E-state index contributed by atoms with van der Waals surface area (Å²) in [6, 6.07) is 5.44. The van der Waals surface area contributed by atoms with Crippen molar-refractivity contribution in [3.63, 3.8) is 0 Å². The van der Waals surface area contributed by atoms with Gasteiger partial charge in [0, 0.05) is 49.0 Å². The minimum Gasteiger partial charge on any atom is -0.495 e. The summed E-state index contributed by atoms with van der Waals surface area (Å²) >= 11 is 6.06. The van der Waals surface area contributed by atoms with Crippen LogP contribution in [0.4, 0.5) is 10.6 Å². The molecule has 1 aromatic carbocycles. The highest BCUT2D eigenvalue weighted by Gasteiger charge is 2.37. The number of urea groups is 1. The van der Waals surface area contributed by atoms with Crippen molar-refractivity contribution in [2.45, 2.75) is 45.3 Å². The largest absolute Gasteiger partial charge is 0.495 e. The van der Waals surface area contributed by atoms with Gasteiger partial charge in [0.25, 0.3) is 5.91 Å². The van der Waals surface area contributed by atoms with Crippen LogP contribution in [-0.4, -0.2) is 82.7 Å². The van der Waals surface area contributed by atoms with Gasteiger partial charge in [0.15, 0.2) is 5.82 Å². The number of nitrogens with zero attached hydrogens (tertiary/aromatic N) is 4. The van der Waals surface area contributed by atoms with Crippen molar-refractivity contribution in [2.24, 2.45) is 0 Å². The van der Waals surface area contributed by atoms with Crippen LogP contribution in [0.5, 0.6) is 5.75 Å². The maximum atomic E-state index is 13.3. The first-order chi connectivity index (χ1) is 15.8. The number of carbonyl (C=O) groups excluding carboxylic acids is 2. The number of aromatic amines is 1. The van der Waals surface area contributed by atoms with Gasteiger partial charge >= 0.3 is 6.03 Å². The fourth-order valence-electron chi connectivity index (χ4n) is 4.71. The number of aryl methyl sites for hydroxylation is 1. The van der Waals surface area contributed by atoms with E-state index in [0.29, 0.717) is 34.7 Å². The lowest BCUT2D eigenvalue weighted by Gasteiger charge is -2.43. The summed E-state index contributed by atoms with van der Waals surface area (Å²) in [5, 5.41) is 10.4. The molecular formula is C23H31ClN6O3. The van der Waals surface area contributed by atoms with Crippen LogP contribution in [0.25, 0.3) is 0 Å². The lowest BCUT2D eigenvalue weighted by atomic mass is 10.1. The molecule has 0 spiro atoms. The molecule has 0 bridgehead atoms. The number of amides is 3. The molecule has 4 rings (SSSR count). The first kappa shape index (κ1) is 23.4. The van der Waals surface area contributed by atoms with Gasteiger partial charge in [0.1, 0.15) is 5.75 Å². The number of piperazine rings is 1. The number of H-pyrrole nitrogens is 1. The van der Waals surface area contributed by atoms with Crippen molar-refractivity contribution in [2.75, 3.05) is 39.1 Å². The van der Waals surface area contributed by atoms with Crippen LogP contribution in [0, 0.1) is 6.92 Å². The van der Waals surface area contributed by atoms with Gasteiger partial charge in [-0.3, -0.25) is 14.8 Å². The Bertz CT molecular complexity index is 1040. The fourth-order valence-corrected chi connectivity index (χ4v) is 4.90. The lowest BCUT2D eigenvalue weighted by Crippen LogP contribution is -2.58. The lowest BCUT2D eigenvalue weighted by molar-refractivity contribution is 0.0656. The van der Waals surface area contributed by atoms with E-state index in [-0.39, 0.29) is 18.0 Å². The molecule has 2 aliphatic rings. The SMILES string of the molecule is COc1cc(C(=O)Nc2n[nH]c(C)c2CN(C)C(=O)N2C[C@@H]3CCCN3C[C@@H]2C)ccc1Cl. The topological polar surface area (TPSA) is 93.8 Å². The van der Waals surface area contributed by atoms with E-state index in [4.69, 9.17) is 16.3 Å². The van der Waals surface area contributed by atoms with E-state index in [2.05, 4.69) is 27.3 Å². The molecule has 2 aromatic rings. The first-order valence-electron chi connectivity index (χ1n) is 11.2. The summed E-state index contributed by atoms with van der Waals surface area (Å²) in [5.74, 6) is 0.488. The Hall–Kier alpha value is -2.78. The average Bonchev–Trinajstić information content (AvgIpc) is 3.39. The van der Waals surface area contributed by atoms with Crippen molar-refractivity contribution in [1.82, 2.24) is 24.9 Å². The van der Waals surface area contributed by atoms with Crippen molar-refractivity contribution >= 4 is 29.4 Å². The number of nitrogens with one attached hydrogen (secondary N) is 2. The molecule has 2 N–H and O–H groups in total.